The van der Waals surface area contributed by atoms with Gasteiger partial charge in [0, 0.05) is 26.7 Å². The molecule has 0 saturated heterocycles. The summed E-state index contributed by atoms with van der Waals surface area (Å²) < 4.78 is 2.15. The topological polar surface area (TPSA) is 29.1 Å². The lowest BCUT2D eigenvalue weighted by molar-refractivity contribution is 0.824. The van der Waals surface area contributed by atoms with Gasteiger partial charge in [-0.05, 0) is 30.8 Å². The van der Waals surface area contributed by atoms with Gasteiger partial charge in [0.05, 0.1) is 0 Å². The van der Waals surface area contributed by atoms with Crippen molar-refractivity contribution < 1.29 is 0 Å². The Kier molecular flexibility index (Phi) is 2.86. The molecule has 0 atom stereocenters. The predicted molar refractivity (Wildman–Crippen MR) is 78.4 cm³/mol. The molecule has 90 valence electrons. The van der Waals surface area contributed by atoms with E-state index in [4.69, 9.17) is 0 Å². The molecule has 2 nitrogen and oxygen atoms in total. The molecule has 0 radical (unpaired) electrons. The summed E-state index contributed by atoms with van der Waals surface area (Å²) >= 11 is 1.69. The lowest BCUT2D eigenvalue weighted by Gasteiger charge is -2.06. The van der Waals surface area contributed by atoms with Crippen molar-refractivity contribution in [3.05, 3.63) is 58.3 Å². The normalized spacial score (nSPS) is 11.2. The third kappa shape index (κ3) is 1.72. The number of rotatable bonds is 2. The molecule has 0 aliphatic carbocycles. The van der Waals surface area contributed by atoms with Crippen LogP contribution in [0.25, 0.3) is 20.2 Å². The molecule has 18 heavy (non-hydrogen) atoms. The molecule has 0 aliphatic rings. The van der Waals surface area contributed by atoms with Crippen molar-refractivity contribution in [3.8, 4) is 0 Å². The molecule has 2 aromatic carbocycles. The quantitative estimate of drug-likeness (QED) is 0.713. The molecule has 0 spiro atoms. The van der Waals surface area contributed by atoms with Crippen molar-refractivity contribution in [2.45, 2.75) is 6.54 Å². The van der Waals surface area contributed by atoms with Crippen molar-refractivity contribution in [1.82, 2.24) is 5.32 Å². The Labute approximate surface area is 109 Å². The molecule has 0 aliphatic heterocycles. The van der Waals surface area contributed by atoms with E-state index in [1.54, 1.807) is 11.3 Å². The lowest BCUT2D eigenvalue weighted by Crippen LogP contribution is -2.07. The molecule has 3 rings (SSSR count). The minimum Gasteiger partial charge on any atom is -0.316 e. The maximum atomic E-state index is 12.4. The van der Waals surface area contributed by atoms with E-state index in [2.05, 4.69) is 11.4 Å². The zero-order valence-corrected chi connectivity index (χ0v) is 10.9. The molecule has 3 heteroatoms. The van der Waals surface area contributed by atoms with Gasteiger partial charge >= 0.3 is 0 Å². The zero-order valence-electron chi connectivity index (χ0n) is 10.1. The third-order valence-electron chi connectivity index (χ3n) is 3.05. The zero-order chi connectivity index (χ0) is 12.5. The SMILES string of the molecule is CNCc1cccc2c(=O)c3ccccc3sc12. The first-order valence-corrected chi connectivity index (χ1v) is 6.71. The fourth-order valence-corrected chi connectivity index (χ4v) is 3.39. The second-order valence-electron chi connectivity index (χ2n) is 4.25. The standard InChI is InChI=1S/C15H13NOS/c1-16-9-10-5-4-7-12-14(17)11-6-2-3-8-13(11)18-15(10)12/h2-8,16H,9H2,1H3. The van der Waals surface area contributed by atoms with Crippen molar-refractivity contribution in [1.29, 1.82) is 0 Å². The van der Waals surface area contributed by atoms with Gasteiger partial charge in [0.25, 0.3) is 0 Å². The van der Waals surface area contributed by atoms with Gasteiger partial charge in [-0.2, -0.15) is 0 Å². The second-order valence-corrected chi connectivity index (χ2v) is 5.30. The van der Waals surface area contributed by atoms with Crippen LogP contribution in [0.5, 0.6) is 0 Å². The average molecular weight is 255 g/mol. The van der Waals surface area contributed by atoms with Crippen LogP contribution in [-0.2, 0) is 6.54 Å². The Bertz CT molecular complexity index is 776. The van der Waals surface area contributed by atoms with E-state index in [0.29, 0.717) is 0 Å². The van der Waals surface area contributed by atoms with Crippen LogP contribution in [0.3, 0.4) is 0 Å². The summed E-state index contributed by atoms with van der Waals surface area (Å²) in [6, 6.07) is 13.8. The van der Waals surface area contributed by atoms with Gasteiger partial charge in [-0.3, -0.25) is 4.79 Å². The van der Waals surface area contributed by atoms with E-state index < -0.39 is 0 Å². The summed E-state index contributed by atoms with van der Waals surface area (Å²) in [6.45, 7) is 0.783. The van der Waals surface area contributed by atoms with Gasteiger partial charge in [0.1, 0.15) is 0 Å². The molecular weight excluding hydrogens is 242 g/mol. The van der Waals surface area contributed by atoms with Crippen molar-refractivity contribution in [2.24, 2.45) is 0 Å². The van der Waals surface area contributed by atoms with Crippen molar-refractivity contribution in [3.63, 3.8) is 0 Å². The highest BCUT2D eigenvalue weighted by Crippen LogP contribution is 2.27. The molecule has 0 amide bonds. The van der Waals surface area contributed by atoms with Gasteiger partial charge < -0.3 is 5.32 Å². The molecule has 0 unspecified atom stereocenters. The molecule has 3 aromatic rings. The van der Waals surface area contributed by atoms with E-state index in [0.717, 1.165) is 26.7 Å². The molecule has 0 saturated carbocycles. The Morgan fingerprint density at radius 1 is 1.06 bits per heavy atom. The minimum absolute atomic E-state index is 0.136. The van der Waals surface area contributed by atoms with Gasteiger partial charge in [-0.15, -0.1) is 11.3 Å². The van der Waals surface area contributed by atoms with E-state index in [-0.39, 0.29) is 5.43 Å². The molecule has 1 heterocycles. The largest absolute Gasteiger partial charge is 0.316 e. The predicted octanol–water partition coefficient (Wildman–Crippen LogP) is 3.13. The summed E-state index contributed by atoms with van der Waals surface area (Å²) in [5, 5.41) is 4.79. The van der Waals surface area contributed by atoms with Crippen LogP contribution >= 0.6 is 11.3 Å². The van der Waals surface area contributed by atoms with Crippen LogP contribution in [0.4, 0.5) is 0 Å². The van der Waals surface area contributed by atoms with Crippen LogP contribution < -0.4 is 10.7 Å². The van der Waals surface area contributed by atoms with E-state index >= 15 is 0 Å². The van der Waals surface area contributed by atoms with E-state index in [1.165, 1.54) is 5.56 Å². The lowest BCUT2D eigenvalue weighted by atomic mass is 10.1. The highest BCUT2D eigenvalue weighted by atomic mass is 32.1. The minimum atomic E-state index is 0.136. The molecule has 0 fully saturated rings. The van der Waals surface area contributed by atoms with Crippen LogP contribution in [0.15, 0.2) is 47.3 Å². The Morgan fingerprint density at radius 2 is 1.83 bits per heavy atom. The maximum Gasteiger partial charge on any atom is 0.195 e. The van der Waals surface area contributed by atoms with Gasteiger partial charge in [-0.25, -0.2) is 0 Å². The number of nitrogens with one attached hydrogen (secondary N) is 1. The van der Waals surface area contributed by atoms with Crippen LogP contribution in [0, 0.1) is 0 Å². The number of hydrogen-bond acceptors (Lipinski definition) is 3. The van der Waals surface area contributed by atoms with Gasteiger partial charge in [0.2, 0.25) is 0 Å². The smallest absolute Gasteiger partial charge is 0.195 e. The maximum absolute atomic E-state index is 12.4. The summed E-state index contributed by atoms with van der Waals surface area (Å²) in [4.78, 5) is 12.4. The summed E-state index contributed by atoms with van der Waals surface area (Å²) in [5.41, 5.74) is 1.32. The van der Waals surface area contributed by atoms with E-state index in [1.807, 2.05) is 43.4 Å². The Morgan fingerprint density at radius 3 is 2.67 bits per heavy atom. The first-order chi connectivity index (χ1) is 8.81. The van der Waals surface area contributed by atoms with Crippen LogP contribution in [0.1, 0.15) is 5.56 Å². The van der Waals surface area contributed by atoms with Crippen molar-refractivity contribution >= 4 is 31.5 Å². The van der Waals surface area contributed by atoms with Crippen LogP contribution in [-0.4, -0.2) is 7.05 Å². The Balaban J connectivity index is 2.47. The second kappa shape index (κ2) is 4.52. The fraction of sp³-hybridized carbons (Fsp3) is 0.133. The summed E-state index contributed by atoms with van der Waals surface area (Å²) in [7, 11) is 1.92. The van der Waals surface area contributed by atoms with E-state index in [9.17, 15) is 4.79 Å². The molecular formula is C15H13NOS. The third-order valence-corrected chi connectivity index (χ3v) is 4.31. The van der Waals surface area contributed by atoms with Crippen molar-refractivity contribution in [2.75, 3.05) is 7.05 Å². The number of fused-ring (bicyclic) bond motifs is 2. The summed E-state index contributed by atoms with van der Waals surface area (Å²) in [5.74, 6) is 0. The van der Waals surface area contributed by atoms with Gasteiger partial charge in [0.15, 0.2) is 5.43 Å². The highest BCUT2D eigenvalue weighted by molar-refractivity contribution is 7.24. The number of hydrogen-bond donors (Lipinski definition) is 1. The average Bonchev–Trinajstić information content (AvgIpc) is 2.40. The fourth-order valence-electron chi connectivity index (χ4n) is 2.21. The van der Waals surface area contributed by atoms with Crippen LogP contribution in [0.2, 0.25) is 0 Å². The first kappa shape index (κ1) is 11.4. The molecule has 0 bridgehead atoms. The number of benzene rings is 2. The summed E-state index contributed by atoms with van der Waals surface area (Å²) in [6.07, 6.45) is 0. The highest BCUT2D eigenvalue weighted by Gasteiger charge is 2.08. The Hall–Kier alpha value is -1.71. The van der Waals surface area contributed by atoms with Gasteiger partial charge in [-0.1, -0.05) is 24.3 Å². The molecule has 1 aromatic heterocycles. The first-order valence-electron chi connectivity index (χ1n) is 5.89. The monoisotopic (exact) mass is 255 g/mol. The molecule has 1 N–H and O–H groups in total.